The molecule has 0 bridgehead atoms. The van der Waals surface area contributed by atoms with Crippen molar-refractivity contribution in [3.05, 3.63) is 34.6 Å². The lowest BCUT2D eigenvalue weighted by Gasteiger charge is -2.32. The summed E-state index contributed by atoms with van der Waals surface area (Å²) in [5, 5.41) is 0.650. The van der Waals surface area contributed by atoms with Crippen LogP contribution in [0.3, 0.4) is 0 Å². The molecule has 1 aliphatic heterocycles. The highest BCUT2D eigenvalue weighted by atomic mass is 35.5. The van der Waals surface area contributed by atoms with E-state index in [1.54, 1.807) is 6.07 Å². The minimum Gasteiger partial charge on any atom is -0.330 e. The molecule has 5 heteroatoms. The van der Waals surface area contributed by atoms with Crippen LogP contribution < -0.4 is 5.73 Å². The smallest absolute Gasteiger partial charge is 0.123 e. The molecule has 1 aliphatic rings. The largest absolute Gasteiger partial charge is 0.330 e. The zero-order valence-electron chi connectivity index (χ0n) is 10.9. The summed E-state index contributed by atoms with van der Waals surface area (Å²) in [6.07, 6.45) is 3.52. The molecule has 0 radical (unpaired) electrons. The van der Waals surface area contributed by atoms with Gasteiger partial charge in [0, 0.05) is 18.1 Å². The Morgan fingerprint density at radius 3 is 2.95 bits per heavy atom. The molecular weight excluding hydrogens is 286 g/mol. The van der Waals surface area contributed by atoms with Crippen LogP contribution in [0.4, 0.5) is 4.39 Å². The number of likely N-dealkylation sites (tertiary alicyclic amines) is 1. The third-order valence-electron chi connectivity index (χ3n) is 3.58. The number of halogens is 3. The summed E-state index contributed by atoms with van der Waals surface area (Å²) in [7, 11) is 0. The van der Waals surface area contributed by atoms with E-state index in [1.807, 2.05) is 0 Å². The Bertz CT molecular complexity index is 399. The van der Waals surface area contributed by atoms with Crippen molar-refractivity contribution in [3.8, 4) is 0 Å². The second-order valence-corrected chi connectivity index (χ2v) is 5.46. The molecule has 0 spiro atoms. The van der Waals surface area contributed by atoms with E-state index in [0.29, 0.717) is 10.9 Å². The summed E-state index contributed by atoms with van der Waals surface area (Å²) >= 11 is 6.10. The fourth-order valence-electron chi connectivity index (χ4n) is 2.67. The van der Waals surface area contributed by atoms with Gasteiger partial charge in [-0.2, -0.15) is 0 Å². The van der Waals surface area contributed by atoms with Gasteiger partial charge in [-0.3, -0.25) is 4.90 Å². The molecule has 1 aromatic carbocycles. The van der Waals surface area contributed by atoms with E-state index in [9.17, 15) is 4.39 Å². The first-order valence-electron chi connectivity index (χ1n) is 6.55. The fourth-order valence-corrected chi connectivity index (χ4v) is 2.85. The third-order valence-corrected chi connectivity index (χ3v) is 3.95. The Morgan fingerprint density at radius 1 is 1.42 bits per heavy atom. The highest BCUT2D eigenvalue weighted by Gasteiger charge is 2.20. The van der Waals surface area contributed by atoms with Crippen molar-refractivity contribution in [1.82, 2.24) is 4.90 Å². The molecular formula is C14H21Cl2FN2. The van der Waals surface area contributed by atoms with Gasteiger partial charge in [-0.15, -0.1) is 12.4 Å². The van der Waals surface area contributed by atoms with Crippen molar-refractivity contribution < 1.29 is 4.39 Å². The number of nitrogens with two attached hydrogens (primary N) is 1. The lowest BCUT2D eigenvalue weighted by Crippen LogP contribution is -2.35. The lowest BCUT2D eigenvalue weighted by molar-refractivity contribution is 0.163. The molecule has 19 heavy (non-hydrogen) atoms. The van der Waals surface area contributed by atoms with Crippen molar-refractivity contribution in [2.24, 2.45) is 11.7 Å². The van der Waals surface area contributed by atoms with Gasteiger partial charge in [0.1, 0.15) is 5.82 Å². The highest BCUT2D eigenvalue weighted by Crippen LogP contribution is 2.24. The van der Waals surface area contributed by atoms with E-state index in [2.05, 4.69) is 4.90 Å². The van der Waals surface area contributed by atoms with Crippen LogP contribution in [-0.2, 0) is 6.54 Å². The maximum Gasteiger partial charge on any atom is 0.123 e. The average molecular weight is 307 g/mol. The fraction of sp³-hybridized carbons (Fsp3) is 0.571. The average Bonchev–Trinajstić information content (AvgIpc) is 2.35. The Balaban J connectivity index is 0.00000180. The molecule has 0 aromatic heterocycles. The van der Waals surface area contributed by atoms with Gasteiger partial charge in [-0.1, -0.05) is 11.6 Å². The predicted octanol–water partition coefficient (Wildman–Crippen LogP) is 3.46. The standard InChI is InChI=1S/C14H20ClFN2.ClH/c15-14-4-3-13(16)8-12(14)10-18-7-1-2-11(9-18)5-6-17;/h3-4,8,11H,1-2,5-7,9-10,17H2;1H. The van der Waals surface area contributed by atoms with Crippen molar-refractivity contribution in [1.29, 1.82) is 0 Å². The lowest BCUT2D eigenvalue weighted by atomic mass is 9.94. The molecule has 0 aliphatic carbocycles. The summed E-state index contributed by atoms with van der Waals surface area (Å²) in [6.45, 7) is 3.59. The zero-order valence-corrected chi connectivity index (χ0v) is 12.5. The van der Waals surface area contributed by atoms with Gasteiger partial charge in [0.05, 0.1) is 0 Å². The summed E-state index contributed by atoms with van der Waals surface area (Å²) in [6, 6.07) is 4.57. The second kappa shape index (κ2) is 8.05. The van der Waals surface area contributed by atoms with Gasteiger partial charge in [0.25, 0.3) is 0 Å². The van der Waals surface area contributed by atoms with Crippen LogP contribution in [0.5, 0.6) is 0 Å². The van der Waals surface area contributed by atoms with Gasteiger partial charge in [0.2, 0.25) is 0 Å². The number of piperidine rings is 1. The summed E-state index contributed by atoms with van der Waals surface area (Å²) < 4.78 is 13.2. The summed E-state index contributed by atoms with van der Waals surface area (Å²) in [5.74, 6) is 0.459. The Labute approximate surface area is 125 Å². The maximum absolute atomic E-state index is 13.2. The molecule has 0 amide bonds. The van der Waals surface area contributed by atoms with E-state index >= 15 is 0 Å². The third kappa shape index (κ3) is 4.92. The van der Waals surface area contributed by atoms with Crippen LogP contribution in [0.25, 0.3) is 0 Å². The van der Waals surface area contributed by atoms with Crippen molar-refractivity contribution in [2.75, 3.05) is 19.6 Å². The van der Waals surface area contributed by atoms with Crippen LogP contribution in [0.15, 0.2) is 18.2 Å². The Morgan fingerprint density at radius 2 is 2.21 bits per heavy atom. The molecule has 2 N–H and O–H groups in total. The summed E-state index contributed by atoms with van der Waals surface area (Å²) in [5.41, 5.74) is 6.49. The van der Waals surface area contributed by atoms with Crippen LogP contribution in [0.2, 0.25) is 5.02 Å². The first-order chi connectivity index (χ1) is 8.69. The van der Waals surface area contributed by atoms with Gasteiger partial charge in [-0.05, 0) is 62.0 Å². The molecule has 1 aromatic rings. The molecule has 2 rings (SSSR count). The van der Waals surface area contributed by atoms with Gasteiger partial charge < -0.3 is 5.73 Å². The number of hydrogen-bond acceptors (Lipinski definition) is 2. The van der Waals surface area contributed by atoms with Crippen LogP contribution in [-0.4, -0.2) is 24.5 Å². The first-order valence-corrected chi connectivity index (χ1v) is 6.93. The SMILES string of the molecule is Cl.NCCC1CCCN(Cc2cc(F)ccc2Cl)C1. The molecule has 2 nitrogen and oxygen atoms in total. The monoisotopic (exact) mass is 306 g/mol. The maximum atomic E-state index is 13.2. The van der Waals surface area contributed by atoms with Crippen molar-refractivity contribution >= 4 is 24.0 Å². The quantitative estimate of drug-likeness (QED) is 0.923. The number of nitrogens with zero attached hydrogens (tertiary/aromatic N) is 1. The van der Waals surface area contributed by atoms with Crippen LogP contribution in [0.1, 0.15) is 24.8 Å². The number of benzene rings is 1. The highest BCUT2D eigenvalue weighted by molar-refractivity contribution is 6.31. The molecule has 1 atom stereocenters. The topological polar surface area (TPSA) is 29.3 Å². The Kier molecular flexibility index (Phi) is 7.08. The normalized spacial score (nSPS) is 20.1. The number of rotatable bonds is 4. The van der Waals surface area contributed by atoms with E-state index in [-0.39, 0.29) is 18.2 Å². The van der Waals surface area contributed by atoms with Crippen LogP contribution in [0, 0.1) is 11.7 Å². The first kappa shape index (κ1) is 16.7. The van der Waals surface area contributed by atoms with E-state index < -0.39 is 0 Å². The van der Waals surface area contributed by atoms with Crippen LogP contribution >= 0.6 is 24.0 Å². The van der Waals surface area contributed by atoms with E-state index in [0.717, 1.165) is 38.2 Å². The van der Waals surface area contributed by atoms with Gasteiger partial charge in [-0.25, -0.2) is 4.39 Å². The zero-order chi connectivity index (χ0) is 13.0. The molecule has 0 saturated carbocycles. The van der Waals surface area contributed by atoms with Gasteiger partial charge in [0.15, 0.2) is 0 Å². The van der Waals surface area contributed by atoms with Gasteiger partial charge >= 0.3 is 0 Å². The van der Waals surface area contributed by atoms with Crippen molar-refractivity contribution in [3.63, 3.8) is 0 Å². The minimum absolute atomic E-state index is 0. The van der Waals surface area contributed by atoms with Crippen molar-refractivity contribution in [2.45, 2.75) is 25.8 Å². The molecule has 108 valence electrons. The predicted molar refractivity (Wildman–Crippen MR) is 80.3 cm³/mol. The molecule has 1 fully saturated rings. The number of hydrogen-bond donors (Lipinski definition) is 1. The molecule has 1 saturated heterocycles. The Hall–Kier alpha value is -0.350. The minimum atomic E-state index is -0.218. The summed E-state index contributed by atoms with van der Waals surface area (Å²) in [4.78, 5) is 2.35. The molecule has 1 heterocycles. The molecule has 1 unspecified atom stereocenters. The van der Waals surface area contributed by atoms with E-state index in [1.165, 1.54) is 25.0 Å². The van der Waals surface area contributed by atoms with E-state index in [4.69, 9.17) is 17.3 Å². The second-order valence-electron chi connectivity index (χ2n) is 5.06.